The van der Waals surface area contributed by atoms with Gasteiger partial charge in [0.05, 0.1) is 0 Å². The summed E-state index contributed by atoms with van der Waals surface area (Å²) in [5.41, 5.74) is 1.35. The predicted molar refractivity (Wildman–Crippen MR) is 91.9 cm³/mol. The van der Waals surface area contributed by atoms with Gasteiger partial charge in [-0.1, -0.05) is 0 Å². The Hall–Kier alpha value is -3.42. The first kappa shape index (κ1) is 17.4. The molecule has 2 heterocycles. The lowest BCUT2D eigenvalue weighted by molar-refractivity contribution is 0.0949. The maximum Gasteiger partial charge on any atom is 0.270 e. The molecular formula is C18H15F2N5O. The molecule has 1 amide bonds. The highest BCUT2D eigenvalue weighted by molar-refractivity contribution is 5.92. The summed E-state index contributed by atoms with van der Waals surface area (Å²) < 4.78 is 26.5. The highest BCUT2D eigenvalue weighted by Gasteiger charge is 2.09. The van der Waals surface area contributed by atoms with Gasteiger partial charge in [0.2, 0.25) is 5.95 Å². The van der Waals surface area contributed by atoms with Gasteiger partial charge in [0.15, 0.2) is 0 Å². The number of pyridine rings is 1. The van der Waals surface area contributed by atoms with Crippen molar-refractivity contribution in [1.82, 2.24) is 20.3 Å². The smallest absolute Gasteiger partial charge is 0.270 e. The minimum Gasteiger partial charge on any atom is -0.350 e. The van der Waals surface area contributed by atoms with Crippen LogP contribution in [0.25, 0.3) is 0 Å². The molecule has 0 spiro atoms. The molecular weight excluding hydrogens is 340 g/mol. The minimum atomic E-state index is -0.725. The molecule has 6 nitrogen and oxygen atoms in total. The van der Waals surface area contributed by atoms with E-state index >= 15 is 0 Å². The Morgan fingerprint density at radius 3 is 2.46 bits per heavy atom. The number of carbonyl (C=O) groups excluding carboxylic acids is 1. The van der Waals surface area contributed by atoms with Gasteiger partial charge in [-0.2, -0.15) is 0 Å². The molecule has 3 aromatic rings. The Balaban J connectivity index is 1.61. The fourth-order valence-electron chi connectivity index (χ4n) is 2.26. The van der Waals surface area contributed by atoms with Gasteiger partial charge >= 0.3 is 0 Å². The number of rotatable bonds is 6. The van der Waals surface area contributed by atoms with Crippen LogP contribution < -0.4 is 10.6 Å². The maximum absolute atomic E-state index is 13.2. The van der Waals surface area contributed by atoms with Gasteiger partial charge in [0.25, 0.3) is 5.91 Å². The molecule has 26 heavy (non-hydrogen) atoms. The molecule has 0 saturated heterocycles. The van der Waals surface area contributed by atoms with Gasteiger partial charge in [-0.15, -0.1) is 0 Å². The first-order chi connectivity index (χ1) is 12.6. The number of carbonyl (C=O) groups is 1. The molecule has 0 aliphatic carbocycles. The second kappa shape index (κ2) is 8.11. The third-order valence-corrected chi connectivity index (χ3v) is 3.46. The molecule has 132 valence electrons. The molecule has 0 radical (unpaired) electrons. The Morgan fingerprint density at radius 1 is 1.00 bits per heavy atom. The largest absolute Gasteiger partial charge is 0.350 e. The van der Waals surface area contributed by atoms with E-state index in [2.05, 4.69) is 25.6 Å². The molecule has 1 aromatic carbocycles. The number of amides is 1. The van der Waals surface area contributed by atoms with Gasteiger partial charge in [-0.25, -0.2) is 18.7 Å². The van der Waals surface area contributed by atoms with E-state index in [1.165, 1.54) is 12.3 Å². The van der Waals surface area contributed by atoms with E-state index in [0.717, 1.165) is 23.8 Å². The average Bonchev–Trinajstić information content (AvgIpc) is 2.62. The van der Waals surface area contributed by atoms with E-state index in [1.807, 2.05) is 12.1 Å². The molecule has 2 aromatic heterocycles. The van der Waals surface area contributed by atoms with Crippen LogP contribution in [0.5, 0.6) is 0 Å². The van der Waals surface area contributed by atoms with Crippen molar-refractivity contribution in [2.24, 2.45) is 0 Å². The van der Waals surface area contributed by atoms with E-state index in [9.17, 15) is 13.6 Å². The van der Waals surface area contributed by atoms with Crippen LogP contribution in [-0.2, 0) is 6.42 Å². The summed E-state index contributed by atoms with van der Waals surface area (Å²) in [6.45, 7) is 0.435. The van der Waals surface area contributed by atoms with Crippen LogP contribution in [0.3, 0.4) is 0 Å². The lowest BCUT2D eigenvalue weighted by Crippen LogP contribution is -2.26. The topological polar surface area (TPSA) is 79.8 Å². The summed E-state index contributed by atoms with van der Waals surface area (Å²) in [6.07, 6.45) is 5.43. The standard InChI is InChI=1S/C18H15F2N5O/c19-13-9-14(20)11-15(10-13)24-18-23-8-4-16(25-18)17(26)22-7-3-12-1-5-21-6-2-12/h1-2,4-6,8-11H,3,7H2,(H,22,26)(H,23,24,25). The van der Waals surface area contributed by atoms with E-state index < -0.39 is 11.6 Å². The van der Waals surface area contributed by atoms with Crippen LogP contribution in [0.4, 0.5) is 20.4 Å². The Kier molecular flexibility index (Phi) is 5.43. The van der Waals surface area contributed by atoms with Crippen molar-refractivity contribution < 1.29 is 13.6 Å². The first-order valence-electron chi connectivity index (χ1n) is 7.83. The number of aromatic nitrogens is 3. The second-order valence-electron chi connectivity index (χ2n) is 5.41. The monoisotopic (exact) mass is 355 g/mol. The van der Waals surface area contributed by atoms with Crippen molar-refractivity contribution in [2.45, 2.75) is 6.42 Å². The summed E-state index contributed by atoms with van der Waals surface area (Å²) in [6, 6.07) is 8.17. The number of nitrogens with one attached hydrogen (secondary N) is 2. The summed E-state index contributed by atoms with van der Waals surface area (Å²) >= 11 is 0. The van der Waals surface area contributed by atoms with Gasteiger partial charge in [-0.05, 0) is 42.3 Å². The number of hydrogen-bond acceptors (Lipinski definition) is 5. The molecule has 0 aliphatic rings. The third kappa shape index (κ3) is 4.79. The molecule has 2 N–H and O–H groups in total. The van der Waals surface area contributed by atoms with Crippen molar-refractivity contribution >= 4 is 17.5 Å². The molecule has 8 heteroatoms. The third-order valence-electron chi connectivity index (χ3n) is 3.46. The Bertz CT molecular complexity index is 885. The normalized spacial score (nSPS) is 10.4. The Labute approximate surface area is 148 Å². The number of hydrogen-bond donors (Lipinski definition) is 2. The second-order valence-corrected chi connectivity index (χ2v) is 5.41. The van der Waals surface area contributed by atoms with Crippen molar-refractivity contribution in [1.29, 1.82) is 0 Å². The number of halogens is 2. The lowest BCUT2D eigenvalue weighted by Gasteiger charge is -2.08. The van der Waals surface area contributed by atoms with Crippen molar-refractivity contribution in [2.75, 3.05) is 11.9 Å². The van der Waals surface area contributed by atoms with Crippen LogP contribution in [0.15, 0.2) is 55.0 Å². The van der Waals surface area contributed by atoms with E-state index in [4.69, 9.17) is 0 Å². The molecule has 0 saturated carbocycles. The number of anilines is 2. The molecule has 3 rings (SSSR count). The fourth-order valence-corrected chi connectivity index (χ4v) is 2.26. The molecule has 0 aliphatic heterocycles. The van der Waals surface area contributed by atoms with Crippen molar-refractivity contribution in [3.63, 3.8) is 0 Å². The highest BCUT2D eigenvalue weighted by atomic mass is 19.1. The maximum atomic E-state index is 13.2. The average molecular weight is 355 g/mol. The van der Waals surface area contributed by atoms with E-state index in [-0.39, 0.29) is 23.2 Å². The summed E-state index contributed by atoms with van der Waals surface area (Å²) in [4.78, 5) is 24.1. The minimum absolute atomic E-state index is 0.0665. The van der Waals surface area contributed by atoms with Gasteiger partial charge in [-0.3, -0.25) is 9.78 Å². The number of benzene rings is 1. The van der Waals surface area contributed by atoms with Crippen LogP contribution in [0, 0.1) is 11.6 Å². The zero-order valence-corrected chi connectivity index (χ0v) is 13.6. The van der Waals surface area contributed by atoms with Crippen LogP contribution in [-0.4, -0.2) is 27.4 Å². The summed E-state index contributed by atoms with van der Waals surface area (Å²) in [5.74, 6) is -1.75. The Morgan fingerprint density at radius 2 is 1.73 bits per heavy atom. The van der Waals surface area contributed by atoms with Crippen LogP contribution in [0.2, 0.25) is 0 Å². The van der Waals surface area contributed by atoms with E-state index in [1.54, 1.807) is 12.4 Å². The van der Waals surface area contributed by atoms with Gasteiger partial charge < -0.3 is 10.6 Å². The zero-order chi connectivity index (χ0) is 18.4. The zero-order valence-electron chi connectivity index (χ0n) is 13.6. The summed E-state index contributed by atoms with van der Waals surface area (Å²) in [7, 11) is 0. The first-order valence-corrected chi connectivity index (χ1v) is 7.83. The van der Waals surface area contributed by atoms with Crippen molar-refractivity contribution in [3.05, 3.63) is 77.9 Å². The SMILES string of the molecule is O=C(NCCc1ccncc1)c1ccnc(Nc2cc(F)cc(F)c2)n1. The van der Waals surface area contributed by atoms with E-state index in [0.29, 0.717) is 13.0 Å². The predicted octanol–water partition coefficient (Wildman–Crippen LogP) is 2.87. The molecule has 0 atom stereocenters. The van der Waals surface area contributed by atoms with Crippen LogP contribution in [0.1, 0.15) is 16.1 Å². The van der Waals surface area contributed by atoms with Crippen LogP contribution >= 0.6 is 0 Å². The molecule has 0 fully saturated rings. The quantitative estimate of drug-likeness (QED) is 0.711. The molecule has 0 bridgehead atoms. The highest BCUT2D eigenvalue weighted by Crippen LogP contribution is 2.16. The van der Waals surface area contributed by atoms with Crippen molar-refractivity contribution in [3.8, 4) is 0 Å². The van der Waals surface area contributed by atoms with Gasteiger partial charge in [0.1, 0.15) is 17.3 Å². The summed E-state index contributed by atoms with van der Waals surface area (Å²) in [5, 5.41) is 5.43. The lowest BCUT2D eigenvalue weighted by atomic mass is 10.2. The van der Waals surface area contributed by atoms with Gasteiger partial charge in [0, 0.05) is 36.9 Å². The number of nitrogens with zero attached hydrogens (tertiary/aromatic N) is 3. The molecule has 0 unspecified atom stereocenters. The fraction of sp³-hybridized carbons (Fsp3) is 0.111.